The summed E-state index contributed by atoms with van der Waals surface area (Å²) >= 11 is 0. The van der Waals surface area contributed by atoms with E-state index in [1.807, 2.05) is 55.5 Å². The molecule has 0 amide bonds. The number of carboxylic acid groups (broad SMARTS) is 1. The minimum absolute atomic E-state index is 0.184. The van der Waals surface area contributed by atoms with Crippen LogP contribution in [0.5, 0.6) is 5.75 Å². The Bertz CT molecular complexity index is 805. The van der Waals surface area contributed by atoms with Gasteiger partial charge in [0, 0.05) is 22.0 Å². The monoisotopic (exact) mass is 281 g/mol. The van der Waals surface area contributed by atoms with Gasteiger partial charge in [0.25, 0.3) is 0 Å². The van der Waals surface area contributed by atoms with Gasteiger partial charge in [-0.25, -0.2) is 4.79 Å². The number of aromatic amines is 1. The highest BCUT2D eigenvalue weighted by molar-refractivity contribution is 6.08. The van der Waals surface area contributed by atoms with Crippen LogP contribution < -0.4 is 4.74 Å². The summed E-state index contributed by atoms with van der Waals surface area (Å²) in [4.78, 5) is 14.5. The molecule has 2 aromatic carbocycles. The maximum Gasteiger partial charge on any atom is 0.352 e. The van der Waals surface area contributed by atoms with Crippen LogP contribution in [0.4, 0.5) is 0 Å². The first-order chi connectivity index (χ1) is 10.2. The molecule has 2 N–H and O–H groups in total. The number of rotatable bonds is 4. The lowest BCUT2D eigenvalue weighted by atomic mass is 10.0. The van der Waals surface area contributed by atoms with Crippen molar-refractivity contribution in [3.05, 3.63) is 54.2 Å². The van der Waals surface area contributed by atoms with Gasteiger partial charge in [0.15, 0.2) is 0 Å². The normalized spacial score (nSPS) is 10.7. The Kier molecular flexibility index (Phi) is 3.36. The van der Waals surface area contributed by atoms with Gasteiger partial charge < -0.3 is 14.8 Å². The number of hydrogen-bond donors (Lipinski definition) is 2. The first kappa shape index (κ1) is 13.2. The van der Waals surface area contributed by atoms with Gasteiger partial charge in [0.1, 0.15) is 11.4 Å². The molecule has 3 rings (SSSR count). The smallest absolute Gasteiger partial charge is 0.352 e. The zero-order valence-electron chi connectivity index (χ0n) is 11.6. The Morgan fingerprint density at radius 3 is 2.62 bits per heavy atom. The molecule has 1 aromatic heterocycles. The quantitative estimate of drug-likeness (QED) is 0.761. The average Bonchev–Trinajstić information content (AvgIpc) is 2.88. The highest BCUT2D eigenvalue weighted by atomic mass is 16.5. The van der Waals surface area contributed by atoms with Crippen LogP contribution in [-0.2, 0) is 0 Å². The number of benzene rings is 2. The zero-order valence-corrected chi connectivity index (χ0v) is 11.6. The van der Waals surface area contributed by atoms with Crippen LogP contribution in [0.2, 0.25) is 0 Å². The summed E-state index contributed by atoms with van der Waals surface area (Å²) in [5.74, 6) is -0.292. The maximum absolute atomic E-state index is 11.6. The van der Waals surface area contributed by atoms with E-state index in [0.717, 1.165) is 16.5 Å². The number of ether oxygens (including phenoxy) is 1. The molecule has 0 unspecified atom stereocenters. The Morgan fingerprint density at radius 1 is 1.14 bits per heavy atom. The fourth-order valence-corrected chi connectivity index (χ4v) is 2.54. The van der Waals surface area contributed by atoms with Crippen LogP contribution in [0.15, 0.2) is 48.5 Å². The van der Waals surface area contributed by atoms with Crippen molar-refractivity contribution in [1.29, 1.82) is 0 Å². The van der Waals surface area contributed by atoms with Crippen LogP contribution in [0, 0.1) is 0 Å². The van der Waals surface area contributed by atoms with Gasteiger partial charge in [0.05, 0.1) is 6.61 Å². The summed E-state index contributed by atoms with van der Waals surface area (Å²) in [6.45, 7) is 2.44. The first-order valence-electron chi connectivity index (χ1n) is 6.78. The Labute approximate surface area is 122 Å². The topological polar surface area (TPSA) is 62.3 Å². The van der Waals surface area contributed by atoms with Gasteiger partial charge >= 0.3 is 5.97 Å². The molecule has 106 valence electrons. The number of carboxylic acids is 1. The number of H-pyrrole nitrogens is 1. The number of aromatic carboxylic acids is 1. The lowest BCUT2D eigenvalue weighted by Crippen LogP contribution is -2.00. The molecule has 0 atom stereocenters. The second-order valence-corrected chi connectivity index (χ2v) is 4.65. The molecule has 0 fully saturated rings. The molecule has 0 saturated carbocycles. The summed E-state index contributed by atoms with van der Waals surface area (Å²) in [6.07, 6.45) is 0. The Hall–Kier alpha value is -2.75. The van der Waals surface area contributed by atoms with Gasteiger partial charge in [-0.1, -0.05) is 36.4 Å². The van der Waals surface area contributed by atoms with Crippen molar-refractivity contribution in [2.45, 2.75) is 6.92 Å². The third-order valence-corrected chi connectivity index (χ3v) is 3.38. The van der Waals surface area contributed by atoms with Crippen molar-refractivity contribution in [1.82, 2.24) is 4.98 Å². The minimum Gasteiger partial charge on any atom is -0.493 e. The van der Waals surface area contributed by atoms with Crippen LogP contribution >= 0.6 is 0 Å². The van der Waals surface area contributed by atoms with Crippen LogP contribution in [-0.4, -0.2) is 22.7 Å². The predicted molar refractivity (Wildman–Crippen MR) is 81.9 cm³/mol. The lowest BCUT2D eigenvalue weighted by Gasteiger charge is -2.10. The molecule has 0 spiro atoms. The minimum atomic E-state index is -0.979. The van der Waals surface area contributed by atoms with E-state index in [4.69, 9.17) is 4.74 Å². The number of aromatic nitrogens is 1. The van der Waals surface area contributed by atoms with E-state index in [-0.39, 0.29) is 5.69 Å². The molecule has 1 heterocycles. The van der Waals surface area contributed by atoms with Crippen LogP contribution in [0.25, 0.3) is 22.0 Å². The second-order valence-electron chi connectivity index (χ2n) is 4.65. The predicted octanol–water partition coefficient (Wildman–Crippen LogP) is 3.93. The Balaban J connectivity index is 2.33. The molecular formula is C17H15NO3. The van der Waals surface area contributed by atoms with E-state index in [2.05, 4.69) is 4.98 Å². The zero-order chi connectivity index (χ0) is 14.8. The molecular weight excluding hydrogens is 266 g/mol. The van der Waals surface area contributed by atoms with Crippen molar-refractivity contribution in [3.8, 4) is 16.9 Å². The van der Waals surface area contributed by atoms with Crippen molar-refractivity contribution < 1.29 is 14.6 Å². The van der Waals surface area contributed by atoms with Crippen molar-refractivity contribution in [2.24, 2.45) is 0 Å². The van der Waals surface area contributed by atoms with Crippen molar-refractivity contribution in [2.75, 3.05) is 6.61 Å². The fraction of sp³-hybridized carbons (Fsp3) is 0.118. The summed E-state index contributed by atoms with van der Waals surface area (Å²) in [7, 11) is 0. The van der Waals surface area contributed by atoms with Gasteiger partial charge in [0.2, 0.25) is 0 Å². The van der Waals surface area contributed by atoms with Crippen LogP contribution in [0.1, 0.15) is 17.4 Å². The summed E-state index contributed by atoms with van der Waals surface area (Å²) in [5, 5.41) is 10.4. The average molecular weight is 281 g/mol. The van der Waals surface area contributed by atoms with Crippen molar-refractivity contribution >= 4 is 16.9 Å². The van der Waals surface area contributed by atoms with Crippen molar-refractivity contribution in [3.63, 3.8) is 0 Å². The second kappa shape index (κ2) is 5.32. The molecule has 0 radical (unpaired) electrons. The standard InChI is InChI=1S/C17H15NO3/c1-2-21-14-10-6-4-8-12(14)15-11-7-3-5-9-13(11)18-16(15)17(19)20/h3-10,18H,2H2,1H3,(H,19,20). The highest BCUT2D eigenvalue weighted by Crippen LogP contribution is 2.37. The fourth-order valence-electron chi connectivity index (χ4n) is 2.54. The largest absolute Gasteiger partial charge is 0.493 e. The van der Waals surface area contributed by atoms with E-state index in [0.29, 0.717) is 17.9 Å². The molecule has 0 aliphatic heterocycles. The van der Waals surface area contributed by atoms with E-state index < -0.39 is 5.97 Å². The summed E-state index contributed by atoms with van der Waals surface area (Å²) in [5.41, 5.74) is 2.44. The molecule has 0 bridgehead atoms. The molecule has 0 aliphatic rings. The summed E-state index contributed by atoms with van der Waals surface area (Å²) in [6, 6.07) is 15.1. The van der Waals surface area contributed by atoms with Gasteiger partial charge in [-0.05, 0) is 19.1 Å². The van der Waals surface area contributed by atoms with E-state index in [9.17, 15) is 9.90 Å². The van der Waals surface area contributed by atoms with Gasteiger partial charge in [-0.15, -0.1) is 0 Å². The molecule has 0 aliphatic carbocycles. The van der Waals surface area contributed by atoms with Crippen LogP contribution in [0.3, 0.4) is 0 Å². The van der Waals surface area contributed by atoms with Gasteiger partial charge in [-0.3, -0.25) is 0 Å². The first-order valence-corrected chi connectivity index (χ1v) is 6.78. The Morgan fingerprint density at radius 2 is 1.86 bits per heavy atom. The third kappa shape index (κ3) is 2.25. The molecule has 4 nitrogen and oxygen atoms in total. The maximum atomic E-state index is 11.6. The number of hydrogen-bond acceptors (Lipinski definition) is 2. The number of carbonyl (C=O) groups is 1. The number of para-hydroxylation sites is 2. The van der Waals surface area contributed by atoms with E-state index in [1.54, 1.807) is 0 Å². The summed E-state index contributed by atoms with van der Waals surface area (Å²) < 4.78 is 5.64. The molecule has 0 saturated heterocycles. The van der Waals surface area contributed by atoms with E-state index >= 15 is 0 Å². The van der Waals surface area contributed by atoms with E-state index in [1.165, 1.54) is 0 Å². The highest BCUT2D eigenvalue weighted by Gasteiger charge is 2.20. The van der Waals surface area contributed by atoms with Gasteiger partial charge in [-0.2, -0.15) is 0 Å². The number of fused-ring (bicyclic) bond motifs is 1. The third-order valence-electron chi connectivity index (χ3n) is 3.38. The molecule has 3 aromatic rings. The number of nitrogens with one attached hydrogen (secondary N) is 1. The molecule has 4 heteroatoms. The molecule has 21 heavy (non-hydrogen) atoms. The SMILES string of the molecule is CCOc1ccccc1-c1c(C(=O)O)[nH]c2ccccc12. The lowest BCUT2D eigenvalue weighted by molar-refractivity contribution is 0.0692.